The average Bonchev–Trinajstić information content (AvgIpc) is 3.00. The smallest absolute Gasteiger partial charge is 0.269 e. The first-order valence-electron chi connectivity index (χ1n) is 7.43. The van der Waals surface area contributed by atoms with Gasteiger partial charge in [-0.15, -0.1) is 0 Å². The number of rotatable bonds is 4. The third-order valence-electron chi connectivity index (χ3n) is 3.13. The molecule has 0 aliphatic carbocycles. The quantitative estimate of drug-likeness (QED) is 0.832. The van der Waals surface area contributed by atoms with Gasteiger partial charge in [0, 0.05) is 23.8 Å². The fraction of sp³-hybridized carbons (Fsp3) is 0.375. The van der Waals surface area contributed by atoms with Gasteiger partial charge >= 0.3 is 0 Å². The van der Waals surface area contributed by atoms with Crippen molar-refractivity contribution in [3.63, 3.8) is 0 Å². The van der Waals surface area contributed by atoms with Gasteiger partial charge in [-0.05, 0) is 24.3 Å². The minimum absolute atomic E-state index is 0.0788. The standard InChI is InChI=1S/C16H19FN4O3/c1-16(2,3)15-18-13(24-21-15)9-8-12(22)19-20-14(23)10-4-6-11(17)7-5-10/h4-7H,8-9H2,1-3H3,(H,19,22)(H,20,23). The van der Waals surface area contributed by atoms with E-state index in [0.717, 1.165) is 0 Å². The molecule has 0 bridgehead atoms. The Morgan fingerprint density at radius 1 is 1.17 bits per heavy atom. The van der Waals surface area contributed by atoms with E-state index >= 15 is 0 Å². The molecule has 2 amide bonds. The molecule has 0 atom stereocenters. The first kappa shape index (κ1) is 17.6. The highest BCUT2D eigenvalue weighted by Gasteiger charge is 2.21. The summed E-state index contributed by atoms with van der Waals surface area (Å²) in [6.45, 7) is 5.87. The van der Waals surface area contributed by atoms with Gasteiger partial charge < -0.3 is 4.52 Å². The summed E-state index contributed by atoms with van der Waals surface area (Å²) >= 11 is 0. The van der Waals surface area contributed by atoms with Crippen molar-refractivity contribution in [2.45, 2.75) is 39.0 Å². The minimum atomic E-state index is -0.531. The Hall–Kier alpha value is -2.77. The van der Waals surface area contributed by atoms with Gasteiger partial charge in [-0.25, -0.2) is 4.39 Å². The van der Waals surface area contributed by atoms with E-state index in [9.17, 15) is 14.0 Å². The molecule has 0 aliphatic heterocycles. The van der Waals surface area contributed by atoms with E-state index in [-0.39, 0.29) is 23.8 Å². The molecule has 0 spiro atoms. The number of nitrogens with zero attached hydrogens (tertiary/aromatic N) is 2. The third-order valence-corrected chi connectivity index (χ3v) is 3.13. The molecular weight excluding hydrogens is 315 g/mol. The number of hydrogen-bond donors (Lipinski definition) is 2. The molecule has 7 nitrogen and oxygen atoms in total. The third kappa shape index (κ3) is 4.87. The molecule has 128 valence electrons. The fourth-order valence-electron chi connectivity index (χ4n) is 1.74. The first-order chi connectivity index (χ1) is 11.3. The molecule has 24 heavy (non-hydrogen) atoms. The van der Waals surface area contributed by atoms with Crippen molar-refractivity contribution in [2.24, 2.45) is 0 Å². The molecule has 8 heteroatoms. The second-order valence-electron chi connectivity index (χ2n) is 6.27. The predicted molar refractivity (Wildman–Crippen MR) is 83.3 cm³/mol. The van der Waals surface area contributed by atoms with E-state index in [1.165, 1.54) is 24.3 Å². The number of benzene rings is 1. The molecule has 0 saturated heterocycles. The molecule has 0 saturated carbocycles. The molecule has 2 rings (SSSR count). The van der Waals surface area contributed by atoms with E-state index in [2.05, 4.69) is 21.0 Å². The van der Waals surface area contributed by atoms with Crippen LogP contribution in [0.4, 0.5) is 4.39 Å². The number of carbonyl (C=O) groups excluding carboxylic acids is 2. The van der Waals surface area contributed by atoms with Crippen LogP contribution in [0.2, 0.25) is 0 Å². The summed E-state index contributed by atoms with van der Waals surface area (Å²) in [6, 6.07) is 4.98. The van der Waals surface area contributed by atoms with E-state index in [0.29, 0.717) is 11.7 Å². The van der Waals surface area contributed by atoms with Crippen molar-refractivity contribution < 1.29 is 18.5 Å². The number of halogens is 1. The number of aromatic nitrogens is 2. The Bertz CT molecular complexity index is 720. The van der Waals surface area contributed by atoms with Crippen molar-refractivity contribution in [1.82, 2.24) is 21.0 Å². The summed E-state index contributed by atoms with van der Waals surface area (Å²) in [5.74, 6) is -0.440. The number of hydrazine groups is 1. The maximum Gasteiger partial charge on any atom is 0.269 e. The van der Waals surface area contributed by atoms with Crippen LogP contribution in [0.1, 0.15) is 49.3 Å². The maximum absolute atomic E-state index is 12.8. The number of amides is 2. The van der Waals surface area contributed by atoms with Gasteiger partial charge in [0.05, 0.1) is 0 Å². The van der Waals surface area contributed by atoms with E-state index in [1.807, 2.05) is 20.8 Å². The van der Waals surface area contributed by atoms with Crippen LogP contribution in [0.15, 0.2) is 28.8 Å². The van der Waals surface area contributed by atoms with Crippen LogP contribution in [0.3, 0.4) is 0 Å². The number of hydrogen-bond acceptors (Lipinski definition) is 5. The molecule has 0 radical (unpaired) electrons. The lowest BCUT2D eigenvalue weighted by Gasteiger charge is -2.10. The van der Waals surface area contributed by atoms with Crippen molar-refractivity contribution in [2.75, 3.05) is 0 Å². The van der Waals surface area contributed by atoms with Gasteiger partial charge in [0.25, 0.3) is 5.91 Å². The summed E-state index contributed by atoms with van der Waals surface area (Å²) < 4.78 is 17.9. The van der Waals surface area contributed by atoms with E-state index in [4.69, 9.17) is 4.52 Å². The van der Waals surface area contributed by atoms with E-state index < -0.39 is 17.6 Å². The highest BCUT2D eigenvalue weighted by Crippen LogP contribution is 2.18. The molecule has 2 N–H and O–H groups in total. The van der Waals surface area contributed by atoms with Crippen LogP contribution in [-0.4, -0.2) is 22.0 Å². The molecule has 0 unspecified atom stereocenters. The second-order valence-corrected chi connectivity index (χ2v) is 6.27. The van der Waals surface area contributed by atoms with Crippen molar-refractivity contribution in [1.29, 1.82) is 0 Å². The molecule has 1 aromatic carbocycles. The highest BCUT2D eigenvalue weighted by molar-refractivity contribution is 5.95. The Morgan fingerprint density at radius 2 is 1.83 bits per heavy atom. The van der Waals surface area contributed by atoms with Gasteiger partial charge in [0.1, 0.15) is 5.82 Å². The van der Waals surface area contributed by atoms with Gasteiger partial charge in [-0.3, -0.25) is 20.4 Å². The number of aryl methyl sites for hydroxylation is 1. The van der Waals surface area contributed by atoms with Crippen LogP contribution in [0.5, 0.6) is 0 Å². The van der Waals surface area contributed by atoms with Gasteiger partial charge in [-0.2, -0.15) is 4.98 Å². The Morgan fingerprint density at radius 3 is 2.42 bits per heavy atom. The fourth-order valence-corrected chi connectivity index (χ4v) is 1.74. The lowest BCUT2D eigenvalue weighted by molar-refractivity contribution is -0.121. The summed E-state index contributed by atoms with van der Waals surface area (Å²) in [5, 5.41) is 3.87. The van der Waals surface area contributed by atoms with Gasteiger partial charge in [-0.1, -0.05) is 25.9 Å². The summed E-state index contributed by atoms with van der Waals surface area (Å²) in [7, 11) is 0. The SMILES string of the molecule is CC(C)(C)c1noc(CCC(=O)NNC(=O)c2ccc(F)cc2)n1. The normalized spacial score (nSPS) is 11.2. The van der Waals surface area contributed by atoms with Crippen LogP contribution >= 0.6 is 0 Å². The predicted octanol–water partition coefficient (Wildman–Crippen LogP) is 1.90. The van der Waals surface area contributed by atoms with Crippen LogP contribution in [-0.2, 0) is 16.6 Å². The minimum Gasteiger partial charge on any atom is -0.339 e. The molecule has 0 aliphatic rings. The lowest BCUT2D eigenvalue weighted by Crippen LogP contribution is -2.41. The molecule has 0 fully saturated rings. The maximum atomic E-state index is 12.8. The second kappa shape index (κ2) is 7.20. The molecule has 1 aromatic heterocycles. The zero-order valence-corrected chi connectivity index (χ0v) is 13.7. The molecular formula is C16H19FN4O3. The summed E-state index contributed by atoms with van der Waals surface area (Å²) in [6.07, 6.45) is 0.344. The van der Waals surface area contributed by atoms with Crippen LogP contribution in [0.25, 0.3) is 0 Å². The summed E-state index contributed by atoms with van der Waals surface area (Å²) in [5.41, 5.74) is 4.55. The highest BCUT2D eigenvalue weighted by atomic mass is 19.1. The van der Waals surface area contributed by atoms with Crippen molar-refractivity contribution in [3.8, 4) is 0 Å². The average molecular weight is 334 g/mol. The number of nitrogens with one attached hydrogen (secondary N) is 2. The van der Waals surface area contributed by atoms with E-state index in [1.54, 1.807) is 0 Å². The zero-order chi connectivity index (χ0) is 17.7. The number of carbonyl (C=O) groups is 2. The molecule has 2 aromatic rings. The zero-order valence-electron chi connectivity index (χ0n) is 13.7. The van der Waals surface area contributed by atoms with Gasteiger partial charge in [0.2, 0.25) is 11.8 Å². The first-order valence-corrected chi connectivity index (χ1v) is 7.43. The Balaban J connectivity index is 1.78. The van der Waals surface area contributed by atoms with Crippen LogP contribution in [0, 0.1) is 5.82 Å². The lowest BCUT2D eigenvalue weighted by atomic mass is 9.96. The monoisotopic (exact) mass is 334 g/mol. The van der Waals surface area contributed by atoms with Crippen LogP contribution < -0.4 is 10.9 Å². The topological polar surface area (TPSA) is 97.1 Å². The summed E-state index contributed by atoms with van der Waals surface area (Å²) in [4.78, 5) is 27.7. The Labute approximate surface area is 138 Å². The van der Waals surface area contributed by atoms with Crippen molar-refractivity contribution >= 4 is 11.8 Å². The Kier molecular flexibility index (Phi) is 5.28. The van der Waals surface area contributed by atoms with Crippen molar-refractivity contribution in [3.05, 3.63) is 47.4 Å². The largest absolute Gasteiger partial charge is 0.339 e. The molecule has 1 heterocycles. The van der Waals surface area contributed by atoms with Gasteiger partial charge in [0.15, 0.2) is 5.82 Å².